The molecular formula is C18H25N2+. The minimum Gasteiger partial charge on any atom is -0.0965 e. The average Bonchev–Trinajstić information content (AvgIpc) is 2.99. The van der Waals surface area contributed by atoms with Gasteiger partial charge in [0.05, 0.1) is 5.92 Å². The van der Waals surface area contributed by atoms with Crippen LogP contribution >= 0.6 is 0 Å². The molecule has 0 fully saturated rings. The molecule has 2 heteroatoms. The van der Waals surface area contributed by atoms with Gasteiger partial charge in [-0.2, -0.15) is 0 Å². The van der Waals surface area contributed by atoms with Gasteiger partial charge in [-0.3, -0.25) is 0 Å². The molecule has 0 N–H and O–H groups in total. The molecule has 0 radical (unpaired) electrons. The molecule has 0 bridgehead atoms. The molecule has 0 amide bonds. The lowest BCUT2D eigenvalue weighted by molar-refractivity contribution is 0.296. The van der Waals surface area contributed by atoms with Crippen LogP contribution in [-0.2, 0) is 6.42 Å². The first-order valence-electron chi connectivity index (χ1n) is 7.82. The van der Waals surface area contributed by atoms with E-state index in [0.29, 0.717) is 11.8 Å². The minimum absolute atomic E-state index is 0.496. The first kappa shape index (κ1) is 14.8. The highest BCUT2D eigenvalue weighted by Gasteiger charge is 2.34. The lowest BCUT2D eigenvalue weighted by Gasteiger charge is -2.25. The van der Waals surface area contributed by atoms with E-state index in [2.05, 4.69) is 54.2 Å². The summed E-state index contributed by atoms with van der Waals surface area (Å²) in [6, 6.07) is 10.8. The number of nitrogens with zero attached hydrogens (tertiary/aromatic N) is 2. The van der Waals surface area contributed by atoms with E-state index in [4.69, 9.17) is 0 Å². The highest BCUT2D eigenvalue weighted by atomic mass is 15.0. The number of hydrogen-bond donors (Lipinski definition) is 0. The van der Waals surface area contributed by atoms with E-state index < -0.39 is 0 Å². The lowest BCUT2D eigenvalue weighted by Crippen LogP contribution is -2.22. The Kier molecular flexibility index (Phi) is 5.85. The summed E-state index contributed by atoms with van der Waals surface area (Å²) < 4.78 is 0. The molecular weight excluding hydrogens is 244 g/mol. The first-order chi connectivity index (χ1) is 9.85. The molecule has 1 aromatic carbocycles. The third-order valence-electron chi connectivity index (χ3n) is 3.98. The maximum Gasteiger partial charge on any atom is 0.244 e. The van der Waals surface area contributed by atoms with Crippen molar-refractivity contribution in [3.8, 4) is 0 Å². The van der Waals surface area contributed by atoms with E-state index in [1.54, 1.807) is 0 Å². The van der Waals surface area contributed by atoms with Gasteiger partial charge in [0.2, 0.25) is 6.17 Å². The van der Waals surface area contributed by atoms with Crippen LogP contribution in [-0.4, -0.2) is 12.4 Å². The van der Waals surface area contributed by atoms with Crippen LogP contribution in [0.15, 0.2) is 40.3 Å². The van der Waals surface area contributed by atoms with E-state index in [1.165, 1.54) is 31.2 Å². The molecule has 2 unspecified atom stereocenters. The monoisotopic (exact) mass is 269 g/mol. The molecule has 0 aromatic heterocycles. The SMILES string of the molecule is CCCC(Cc1ccccc1)C(CCC)[C+]1N=CC=N1. The van der Waals surface area contributed by atoms with Gasteiger partial charge in [-0.1, -0.05) is 67.0 Å². The maximum atomic E-state index is 4.47. The molecule has 20 heavy (non-hydrogen) atoms. The Hall–Kier alpha value is -1.57. The molecule has 1 aliphatic heterocycles. The normalized spacial score (nSPS) is 16.6. The van der Waals surface area contributed by atoms with Crippen LogP contribution in [0.4, 0.5) is 0 Å². The van der Waals surface area contributed by atoms with E-state index in [-0.39, 0.29) is 0 Å². The van der Waals surface area contributed by atoms with Crippen LogP contribution < -0.4 is 0 Å². The summed E-state index contributed by atoms with van der Waals surface area (Å²) in [5, 5.41) is 0. The van der Waals surface area contributed by atoms with Crippen molar-refractivity contribution in [1.29, 1.82) is 0 Å². The van der Waals surface area contributed by atoms with Crippen LogP contribution in [0.1, 0.15) is 45.1 Å². The third kappa shape index (κ3) is 3.96. The topological polar surface area (TPSA) is 24.7 Å². The quantitative estimate of drug-likeness (QED) is 0.611. The van der Waals surface area contributed by atoms with Gasteiger partial charge in [0, 0.05) is 0 Å². The molecule has 2 rings (SSSR count). The average molecular weight is 269 g/mol. The summed E-state index contributed by atoms with van der Waals surface area (Å²) in [6.07, 6.45) is 10.7. The van der Waals surface area contributed by atoms with Crippen LogP contribution in [0.5, 0.6) is 0 Å². The number of aliphatic imine (C=N–C) groups is 2. The molecule has 0 spiro atoms. The van der Waals surface area contributed by atoms with E-state index in [1.807, 2.05) is 12.4 Å². The molecule has 1 aliphatic rings. The molecule has 1 aromatic rings. The summed E-state index contributed by atoms with van der Waals surface area (Å²) in [6.45, 7) is 4.52. The summed E-state index contributed by atoms with van der Waals surface area (Å²) in [5.41, 5.74) is 1.43. The van der Waals surface area contributed by atoms with Gasteiger partial charge in [-0.15, -0.1) is 0 Å². The van der Waals surface area contributed by atoms with Crippen molar-refractivity contribution in [2.24, 2.45) is 21.8 Å². The second kappa shape index (κ2) is 7.88. The van der Waals surface area contributed by atoms with Crippen molar-refractivity contribution in [2.45, 2.75) is 46.0 Å². The van der Waals surface area contributed by atoms with Crippen LogP contribution in [0, 0.1) is 18.0 Å². The predicted octanol–water partition coefficient (Wildman–Crippen LogP) is 4.71. The summed E-state index contributed by atoms with van der Waals surface area (Å²) in [4.78, 5) is 8.94. The second-order valence-electron chi connectivity index (χ2n) is 5.55. The van der Waals surface area contributed by atoms with Crippen LogP contribution in [0.2, 0.25) is 0 Å². The van der Waals surface area contributed by atoms with Crippen molar-refractivity contribution < 1.29 is 0 Å². The number of hydrogen-bond acceptors (Lipinski definition) is 2. The van der Waals surface area contributed by atoms with Gasteiger partial charge in [0.15, 0.2) is 12.4 Å². The van der Waals surface area contributed by atoms with Crippen molar-refractivity contribution in [1.82, 2.24) is 0 Å². The molecule has 0 saturated heterocycles. The molecule has 0 aliphatic carbocycles. The van der Waals surface area contributed by atoms with E-state index >= 15 is 0 Å². The standard InChI is InChI=1S/C18H25N2/c1-3-8-16(14-15-10-6-5-7-11-15)17(9-4-2)18-19-12-13-20-18/h5-7,10-13,16-17H,3-4,8-9,14H2,1-2H3/q+1. The smallest absolute Gasteiger partial charge is 0.0965 e. The van der Waals surface area contributed by atoms with Gasteiger partial charge in [-0.25, -0.2) is 0 Å². The Morgan fingerprint density at radius 1 is 0.950 bits per heavy atom. The van der Waals surface area contributed by atoms with E-state index in [0.717, 1.165) is 12.6 Å². The zero-order valence-electron chi connectivity index (χ0n) is 12.6. The zero-order chi connectivity index (χ0) is 14.2. The fraction of sp³-hybridized carbons (Fsp3) is 0.500. The van der Waals surface area contributed by atoms with Crippen molar-refractivity contribution in [3.05, 3.63) is 42.1 Å². The number of rotatable bonds is 8. The minimum atomic E-state index is 0.496. The summed E-state index contributed by atoms with van der Waals surface area (Å²) in [7, 11) is 0. The Bertz CT molecular complexity index is 424. The first-order valence-corrected chi connectivity index (χ1v) is 7.82. The van der Waals surface area contributed by atoms with Gasteiger partial charge < -0.3 is 0 Å². The highest BCUT2D eigenvalue weighted by molar-refractivity contribution is 6.18. The number of benzene rings is 1. The predicted molar refractivity (Wildman–Crippen MR) is 87.2 cm³/mol. The lowest BCUT2D eigenvalue weighted by atomic mass is 9.79. The Labute approximate surface area is 123 Å². The largest absolute Gasteiger partial charge is 0.244 e. The Morgan fingerprint density at radius 3 is 2.20 bits per heavy atom. The van der Waals surface area contributed by atoms with Gasteiger partial charge in [0.25, 0.3) is 0 Å². The Morgan fingerprint density at radius 2 is 1.60 bits per heavy atom. The molecule has 0 saturated carbocycles. The van der Waals surface area contributed by atoms with Gasteiger partial charge in [-0.05, 0) is 30.7 Å². The summed E-state index contributed by atoms with van der Waals surface area (Å²) in [5.74, 6) is 1.14. The zero-order valence-corrected chi connectivity index (χ0v) is 12.6. The molecule has 106 valence electrons. The summed E-state index contributed by atoms with van der Waals surface area (Å²) >= 11 is 0. The highest BCUT2D eigenvalue weighted by Crippen LogP contribution is 2.35. The van der Waals surface area contributed by atoms with Gasteiger partial charge >= 0.3 is 0 Å². The van der Waals surface area contributed by atoms with Crippen LogP contribution in [0.25, 0.3) is 0 Å². The third-order valence-corrected chi connectivity index (χ3v) is 3.98. The van der Waals surface area contributed by atoms with Crippen molar-refractivity contribution >= 4 is 12.4 Å². The van der Waals surface area contributed by atoms with E-state index in [9.17, 15) is 0 Å². The Balaban J connectivity index is 2.11. The molecule has 1 heterocycles. The fourth-order valence-electron chi connectivity index (χ4n) is 3.06. The van der Waals surface area contributed by atoms with Crippen molar-refractivity contribution in [2.75, 3.05) is 0 Å². The van der Waals surface area contributed by atoms with Gasteiger partial charge in [0.1, 0.15) is 0 Å². The molecule has 2 nitrogen and oxygen atoms in total. The molecule has 2 atom stereocenters. The van der Waals surface area contributed by atoms with Crippen LogP contribution in [0.3, 0.4) is 0 Å². The maximum absolute atomic E-state index is 4.47. The second-order valence-corrected chi connectivity index (χ2v) is 5.55. The fourth-order valence-corrected chi connectivity index (χ4v) is 3.06. The van der Waals surface area contributed by atoms with Crippen molar-refractivity contribution in [3.63, 3.8) is 0 Å².